The second-order valence-electron chi connectivity index (χ2n) is 7.44. The lowest BCUT2D eigenvalue weighted by molar-refractivity contribution is -0.138. The van der Waals surface area contributed by atoms with Gasteiger partial charge in [0.1, 0.15) is 11.8 Å². The van der Waals surface area contributed by atoms with Gasteiger partial charge in [0, 0.05) is 5.56 Å². The fraction of sp³-hybridized carbons (Fsp3) is 0.154. The first-order chi connectivity index (χ1) is 15.7. The van der Waals surface area contributed by atoms with Gasteiger partial charge >= 0.3 is 5.97 Å². The van der Waals surface area contributed by atoms with Gasteiger partial charge in [0.05, 0.1) is 36.0 Å². The molecule has 1 N–H and O–H groups in total. The van der Waals surface area contributed by atoms with Gasteiger partial charge in [-0.3, -0.25) is 4.57 Å². The molecule has 0 unspecified atom stereocenters. The molecule has 6 heteroatoms. The van der Waals surface area contributed by atoms with E-state index in [2.05, 4.69) is 5.32 Å². The van der Waals surface area contributed by atoms with Gasteiger partial charge in [0.2, 0.25) is 5.95 Å². The SMILES string of the molecule is CCOC(=O)C1=C(c2ccccc2)Nc2nc3ccccc3n2[C@H]1c1ccccc1OC. The number of nitrogens with zero attached hydrogens (tertiary/aromatic N) is 2. The lowest BCUT2D eigenvalue weighted by Gasteiger charge is -2.32. The van der Waals surface area contributed by atoms with Crippen molar-refractivity contribution >= 4 is 28.6 Å². The first-order valence-corrected chi connectivity index (χ1v) is 10.6. The van der Waals surface area contributed by atoms with Gasteiger partial charge in [-0.15, -0.1) is 0 Å². The monoisotopic (exact) mass is 425 g/mol. The number of esters is 1. The minimum atomic E-state index is -0.482. The molecule has 0 radical (unpaired) electrons. The number of hydrogen-bond acceptors (Lipinski definition) is 5. The average Bonchev–Trinajstić information content (AvgIpc) is 3.22. The minimum absolute atomic E-state index is 0.278. The van der Waals surface area contributed by atoms with E-state index in [1.54, 1.807) is 7.11 Å². The molecular weight excluding hydrogens is 402 g/mol. The highest BCUT2D eigenvalue weighted by molar-refractivity contribution is 6.03. The zero-order valence-corrected chi connectivity index (χ0v) is 17.9. The number of methoxy groups -OCH3 is 1. The zero-order valence-electron chi connectivity index (χ0n) is 17.9. The fourth-order valence-corrected chi connectivity index (χ4v) is 4.28. The number of fused-ring (bicyclic) bond motifs is 3. The van der Waals surface area contributed by atoms with Crippen molar-refractivity contribution in [2.45, 2.75) is 13.0 Å². The maximum Gasteiger partial charge on any atom is 0.338 e. The van der Waals surface area contributed by atoms with Crippen molar-refractivity contribution in [3.63, 3.8) is 0 Å². The van der Waals surface area contributed by atoms with Crippen LogP contribution < -0.4 is 10.1 Å². The van der Waals surface area contributed by atoms with E-state index < -0.39 is 6.04 Å². The van der Waals surface area contributed by atoms with Gasteiger partial charge in [0.15, 0.2) is 0 Å². The first-order valence-electron chi connectivity index (χ1n) is 10.6. The summed E-state index contributed by atoms with van der Waals surface area (Å²) in [5, 5.41) is 3.42. The molecule has 0 fully saturated rings. The van der Waals surface area contributed by atoms with Gasteiger partial charge in [-0.2, -0.15) is 0 Å². The van der Waals surface area contributed by atoms with E-state index in [0.29, 0.717) is 23.0 Å². The largest absolute Gasteiger partial charge is 0.496 e. The van der Waals surface area contributed by atoms with E-state index in [1.165, 1.54) is 0 Å². The molecule has 0 saturated heterocycles. The molecule has 0 saturated carbocycles. The topological polar surface area (TPSA) is 65.4 Å². The van der Waals surface area contributed by atoms with Crippen molar-refractivity contribution in [3.8, 4) is 5.75 Å². The summed E-state index contributed by atoms with van der Waals surface area (Å²) in [6.45, 7) is 2.09. The molecule has 1 atom stereocenters. The Kier molecular flexibility index (Phi) is 5.11. The number of rotatable bonds is 5. The van der Waals surface area contributed by atoms with Crippen molar-refractivity contribution in [3.05, 3.63) is 95.6 Å². The number of carbonyl (C=O) groups is 1. The van der Waals surface area contributed by atoms with Crippen LogP contribution in [-0.2, 0) is 9.53 Å². The van der Waals surface area contributed by atoms with E-state index in [9.17, 15) is 4.79 Å². The molecule has 0 bridgehead atoms. The Balaban J connectivity index is 1.86. The van der Waals surface area contributed by atoms with Crippen molar-refractivity contribution in [2.24, 2.45) is 0 Å². The molecule has 0 aliphatic carbocycles. The van der Waals surface area contributed by atoms with E-state index in [0.717, 1.165) is 22.2 Å². The lowest BCUT2D eigenvalue weighted by atomic mass is 9.91. The smallest absolute Gasteiger partial charge is 0.338 e. The first kappa shape index (κ1) is 19.9. The molecule has 1 aromatic heterocycles. The third kappa shape index (κ3) is 3.21. The van der Waals surface area contributed by atoms with E-state index in [1.807, 2.05) is 90.4 Å². The van der Waals surface area contributed by atoms with E-state index >= 15 is 0 Å². The second-order valence-corrected chi connectivity index (χ2v) is 7.44. The average molecular weight is 425 g/mol. The Hall–Kier alpha value is -4.06. The van der Waals surface area contributed by atoms with Gasteiger partial charge in [-0.25, -0.2) is 9.78 Å². The molecule has 1 aliphatic rings. The van der Waals surface area contributed by atoms with Gasteiger partial charge in [-0.05, 0) is 30.7 Å². The van der Waals surface area contributed by atoms with E-state index in [4.69, 9.17) is 14.5 Å². The molecule has 5 rings (SSSR count). The van der Waals surface area contributed by atoms with Crippen LogP contribution in [0.5, 0.6) is 5.75 Å². The molecule has 0 spiro atoms. The van der Waals surface area contributed by atoms with E-state index in [-0.39, 0.29) is 12.6 Å². The van der Waals surface area contributed by atoms with Crippen LogP contribution in [-0.4, -0.2) is 29.2 Å². The van der Waals surface area contributed by atoms with Gasteiger partial charge < -0.3 is 14.8 Å². The number of nitrogens with one attached hydrogen (secondary N) is 1. The summed E-state index contributed by atoms with van der Waals surface area (Å²) in [5.74, 6) is 0.976. The maximum absolute atomic E-state index is 13.4. The normalized spacial score (nSPS) is 15.2. The molecule has 2 heterocycles. The Bertz CT molecular complexity index is 1320. The highest BCUT2D eigenvalue weighted by Gasteiger charge is 2.38. The summed E-state index contributed by atoms with van der Waals surface area (Å²) in [5.41, 5.74) is 4.69. The summed E-state index contributed by atoms with van der Waals surface area (Å²) < 4.78 is 13.3. The van der Waals surface area contributed by atoms with Crippen molar-refractivity contribution in [1.29, 1.82) is 0 Å². The molecule has 3 aromatic carbocycles. The van der Waals surface area contributed by atoms with Crippen LogP contribution in [0.4, 0.5) is 5.95 Å². The predicted octanol–water partition coefficient (Wildman–Crippen LogP) is 5.03. The number of benzene rings is 3. The molecule has 6 nitrogen and oxygen atoms in total. The summed E-state index contributed by atoms with van der Waals surface area (Å²) in [4.78, 5) is 18.3. The molecule has 0 amide bonds. The van der Waals surface area contributed by atoms with Crippen LogP contribution in [0.3, 0.4) is 0 Å². The number of anilines is 1. The lowest BCUT2D eigenvalue weighted by Crippen LogP contribution is -2.29. The number of carbonyl (C=O) groups excluding carboxylic acids is 1. The van der Waals surface area contributed by atoms with Gasteiger partial charge in [-0.1, -0.05) is 60.7 Å². The quantitative estimate of drug-likeness (QED) is 0.454. The summed E-state index contributed by atoms with van der Waals surface area (Å²) >= 11 is 0. The van der Waals surface area contributed by atoms with Crippen molar-refractivity contribution in [1.82, 2.24) is 9.55 Å². The number of imidazole rings is 1. The summed E-state index contributed by atoms with van der Waals surface area (Å²) in [6.07, 6.45) is 0. The number of hydrogen-bond donors (Lipinski definition) is 1. The predicted molar refractivity (Wildman–Crippen MR) is 124 cm³/mol. The maximum atomic E-state index is 13.4. The van der Waals surface area contributed by atoms with Crippen LogP contribution >= 0.6 is 0 Å². The molecule has 32 heavy (non-hydrogen) atoms. The Morgan fingerprint density at radius 1 is 1.00 bits per heavy atom. The zero-order chi connectivity index (χ0) is 22.1. The van der Waals surface area contributed by atoms with Crippen molar-refractivity contribution < 1.29 is 14.3 Å². The number of ether oxygens (including phenoxy) is 2. The summed E-state index contributed by atoms with van der Waals surface area (Å²) in [7, 11) is 1.64. The third-order valence-electron chi connectivity index (χ3n) is 5.62. The van der Waals surface area contributed by atoms with Crippen LogP contribution in [0.1, 0.15) is 24.1 Å². The fourth-order valence-electron chi connectivity index (χ4n) is 4.28. The Labute approximate surface area is 186 Å². The Morgan fingerprint density at radius 2 is 1.72 bits per heavy atom. The minimum Gasteiger partial charge on any atom is -0.496 e. The molecule has 160 valence electrons. The highest BCUT2D eigenvalue weighted by atomic mass is 16.5. The molecule has 1 aliphatic heterocycles. The van der Waals surface area contributed by atoms with Crippen LogP contribution in [0.2, 0.25) is 0 Å². The second kappa shape index (κ2) is 8.23. The van der Waals surface area contributed by atoms with Crippen LogP contribution in [0.15, 0.2) is 84.4 Å². The van der Waals surface area contributed by atoms with Gasteiger partial charge in [0.25, 0.3) is 0 Å². The number of para-hydroxylation sites is 3. The summed E-state index contributed by atoms with van der Waals surface area (Å²) in [6, 6.07) is 25.0. The molecular formula is C26H23N3O3. The number of aromatic nitrogens is 2. The Morgan fingerprint density at radius 3 is 2.50 bits per heavy atom. The van der Waals surface area contributed by atoms with Crippen LogP contribution in [0.25, 0.3) is 16.7 Å². The standard InChI is InChI=1S/C26H23N3O3/c1-3-32-25(30)22-23(17-11-5-4-6-12-17)28-26-27-19-14-8-9-15-20(19)29(26)24(22)18-13-7-10-16-21(18)31-2/h4-16,24H,3H2,1-2H3,(H,27,28)/t24-/m0/s1. The van der Waals surface area contributed by atoms with Crippen LogP contribution in [0, 0.1) is 0 Å². The third-order valence-corrected chi connectivity index (χ3v) is 5.62. The molecule has 4 aromatic rings. The highest BCUT2D eigenvalue weighted by Crippen LogP contribution is 2.44. The van der Waals surface area contributed by atoms with Crippen molar-refractivity contribution in [2.75, 3.05) is 19.0 Å².